The summed E-state index contributed by atoms with van der Waals surface area (Å²) in [6.07, 6.45) is 3.59. The van der Waals surface area contributed by atoms with Crippen molar-refractivity contribution in [2.24, 2.45) is 0 Å². The molecule has 0 amide bonds. The Morgan fingerprint density at radius 1 is 1.17 bits per heavy atom. The van der Waals surface area contributed by atoms with E-state index < -0.39 is 0 Å². The summed E-state index contributed by atoms with van der Waals surface area (Å²) >= 11 is 0. The third-order valence-electron chi connectivity index (χ3n) is 3.06. The standard InChI is InChI=1S/C16H26O2/c1-5-7-15-11-14(12-17-4)8-9-16(15)10-13(3)18-6-2/h8-9,11,13H,5-7,10,12H2,1-4H3. The van der Waals surface area contributed by atoms with Crippen LogP contribution in [0.3, 0.4) is 0 Å². The van der Waals surface area contributed by atoms with Crippen LogP contribution in [-0.2, 0) is 28.9 Å². The Kier molecular flexibility index (Phi) is 6.99. The largest absolute Gasteiger partial charge is 0.380 e. The number of methoxy groups -OCH3 is 1. The summed E-state index contributed by atoms with van der Waals surface area (Å²) in [7, 11) is 1.74. The van der Waals surface area contributed by atoms with Gasteiger partial charge in [-0.05, 0) is 43.4 Å². The summed E-state index contributed by atoms with van der Waals surface area (Å²) in [5, 5.41) is 0. The minimum Gasteiger partial charge on any atom is -0.380 e. The summed E-state index contributed by atoms with van der Waals surface area (Å²) in [6.45, 7) is 7.89. The van der Waals surface area contributed by atoms with Crippen molar-refractivity contribution in [2.75, 3.05) is 13.7 Å². The minimum atomic E-state index is 0.291. The van der Waals surface area contributed by atoms with E-state index in [2.05, 4.69) is 32.0 Å². The number of hydrogen-bond donors (Lipinski definition) is 0. The van der Waals surface area contributed by atoms with E-state index in [9.17, 15) is 0 Å². The molecular weight excluding hydrogens is 224 g/mol. The molecule has 0 saturated heterocycles. The number of rotatable bonds is 8. The van der Waals surface area contributed by atoms with E-state index in [1.807, 2.05) is 6.92 Å². The number of ether oxygens (including phenoxy) is 2. The maximum absolute atomic E-state index is 5.63. The first kappa shape index (κ1) is 15.2. The molecule has 1 unspecified atom stereocenters. The van der Waals surface area contributed by atoms with Gasteiger partial charge in [-0.3, -0.25) is 0 Å². The van der Waals surface area contributed by atoms with Crippen LogP contribution >= 0.6 is 0 Å². The zero-order valence-electron chi connectivity index (χ0n) is 12.2. The molecule has 2 heteroatoms. The second-order valence-electron chi connectivity index (χ2n) is 4.76. The van der Waals surface area contributed by atoms with Crippen molar-refractivity contribution in [2.45, 2.75) is 52.7 Å². The van der Waals surface area contributed by atoms with Crippen molar-refractivity contribution in [3.8, 4) is 0 Å². The van der Waals surface area contributed by atoms with E-state index in [-0.39, 0.29) is 0 Å². The average molecular weight is 250 g/mol. The van der Waals surface area contributed by atoms with Gasteiger partial charge >= 0.3 is 0 Å². The smallest absolute Gasteiger partial charge is 0.0713 e. The first-order chi connectivity index (χ1) is 8.71. The zero-order valence-corrected chi connectivity index (χ0v) is 12.2. The highest BCUT2D eigenvalue weighted by molar-refractivity contribution is 5.32. The van der Waals surface area contributed by atoms with Crippen molar-refractivity contribution in [3.63, 3.8) is 0 Å². The van der Waals surface area contributed by atoms with Crippen molar-refractivity contribution < 1.29 is 9.47 Å². The molecule has 0 radical (unpaired) electrons. The lowest BCUT2D eigenvalue weighted by molar-refractivity contribution is 0.0767. The van der Waals surface area contributed by atoms with E-state index in [0.717, 1.165) is 19.4 Å². The SMILES string of the molecule is CCCc1cc(COC)ccc1CC(C)OCC. The Bertz CT molecular complexity index is 347. The fourth-order valence-electron chi connectivity index (χ4n) is 2.29. The second-order valence-corrected chi connectivity index (χ2v) is 4.76. The quantitative estimate of drug-likeness (QED) is 0.699. The lowest BCUT2D eigenvalue weighted by Crippen LogP contribution is -2.13. The van der Waals surface area contributed by atoms with Gasteiger partial charge in [0.15, 0.2) is 0 Å². The van der Waals surface area contributed by atoms with E-state index in [1.54, 1.807) is 7.11 Å². The summed E-state index contributed by atoms with van der Waals surface area (Å²) in [6, 6.07) is 6.67. The van der Waals surface area contributed by atoms with Gasteiger partial charge in [0.25, 0.3) is 0 Å². The van der Waals surface area contributed by atoms with Gasteiger partial charge in [-0.15, -0.1) is 0 Å². The number of hydrogen-bond acceptors (Lipinski definition) is 2. The van der Waals surface area contributed by atoms with E-state index in [4.69, 9.17) is 9.47 Å². The van der Waals surface area contributed by atoms with Crippen LogP contribution in [0.4, 0.5) is 0 Å². The highest BCUT2D eigenvalue weighted by atomic mass is 16.5. The normalized spacial score (nSPS) is 12.7. The highest BCUT2D eigenvalue weighted by Crippen LogP contribution is 2.17. The molecule has 0 bridgehead atoms. The summed E-state index contributed by atoms with van der Waals surface area (Å²) < 4.78 is 10.8. The molecule has 0 saturated carbocycles. The lowest BCUT2D eigenvalue weighted by Gasteiger charge is -2.16. The second kappa shape index (κ2) is 8.28. The summed E-state index contributed by atoms with van der Waals surface area (Å²) in [4.78, 5) is 0. The third kappa shape index (κ3) is 4.79. The predicted molar refractivity (Wildman–Crippen MR) is 75.9 cm³/mol. The van der Waals surface area contributed by atoms with Gasteiger partial charge in [-0.2, -0.15) is 0 Å². The zero-order chi connectivity index (χ0) is 13.4. The Hall–Kier alpha value is -0.860. The first-order valence-electron chi connectivity index (χ1n) is 6.92. The van der Waals surface area contributed by atoms with Gasteiger partial charge in [-0.25, -0.2) is 0 Å². The van der Waals surface area contributed by atoms with Gasteiger partial charge in [0.1, 0.15) is 0 Å². The van der Waals surface area contributed by atoms with Crippen LogP contribution in [0.2, 0.25) is 0 Å². The van der Waals surface area contributed by atoms with Gasteiger partial charge in [0.2, 0.25) is 0 Å². The molecular formula is C16H26O2. The number of benzene rings is 1. The molecule has 0 aromatic heterocycles. The highest BCUT2D eigenvalue weighted by Gasteiger charge is 2.08. The minimum absolute atomic E-state index is 0.291. The Morgan fingerprint density at radius 3 is 2.56 bits per heavy atom. The van der Waals surface area contributed by atoms with Crippen LogP contribution in [0.15, 0.2) is 18.2 Å². The van der Waals surface area contributed by atoms with Gasteiger partial charge in [0, 0.05) is 13.7 Å². The van der Waals surface area contributed by atoms with Crippen molar-refractivity contribution in [3.05, 3.63) is 34.9 Å². The van der Waals surface area contributed by atoms with Crippen molar-refractivity contribution in [1.29, 1.82) is 0 Å². The van der Waals surface area contributed by atoms with Crippen molar-refractivity contribution in [1.82, 2.24) is 0 Å². The van der Waals surface area contributed by atoms with E-state index >= 15 is 0 Å². The molecule has 2 nitrogen and oxygen atoms in total. The Labute approximate surface area is 111 Å². The fraction of sp³-hybridized carbons (Fsp3) is 0.625. The summed E-state index contributed by atoms with van der Waals surface area (Å²) in [5.74, 6) is 0. The van der Waals surface area contributed by atoms with Crippen LogP contribution in [0.25, 0.3) is 0 Å². The fourth-order valence-corrected chi connectivity index (χ4v) is 2.29. The Morgan fingerprint density at radius 2 is 1.94 bits per heavy atom. The topological polar surface area (TPSA) is 18.5 Å². The van der Waals surface area contributed by atoms with Crippen LogP contribution in [0.1, 0.15) is 43.9 Å². The molecule has 0 fully saturated rings. The maximum Gasteiger partial charge on any atom is 0.0713 e. The van der Waals surface area contributed by atoms with Crippen LogP contribution in [-0.4, -0.2) is 19.8 Å². The molecule has 0 aliphatic heterocycles. The third-order valence-corrected chi connectivity index (χ3v) is 3.06. The summed E-state index contributed by atoms with van der Waals surface area (Å²) in [5.41, 5.74) is 4.12. The lowest BCUT2D eigenvalue weighted by atomic mass is 9.96. The molecule has 1 aromatic rings. The van der Waals surface area contributed by atoms with Crippen LogP contribution in [0, 0.1) is 0 Å². The molecule has 1 aromatic carbocycles. The molecule has 1 atom stereocenters. The molecule has 18 heavy (non-hydrogen) atoms. The monoisotopic (exact) mass is 250 g/mol. The van der Waals surface area contributed by atoms with Gasteiger partial charge in [-0.1, -0.05) is 31.5 Å². The molecule has 0 spiro atoms. The van der Waals surface area contributed by atoms with Gasteiger partial charge < -0.3 is 9.47 Å². The van der Waals surface area contributed by atoms with Crippen molar-refractivity contribution >= 4 is 0 Å². The van der Waals surface area contributed by atoms with E-state index in [1.165, 1.54) is 23.1 Å². The molecule has 1 rings (SSSR count). The molecule has 0 heterocycles. The first-order valence-corrected chi connectivity index (χ1v) is 6.92. The molecule has 102 valence electrons. The Balaban J connectivity index is 2.81. The van der Waals surface area contributed by atoms with Crippen LogP contribution < -0.4 is 0 Å². The van der Waals surface area contributed by atoms with E-state index in [0.29, 0.717) is 12.7 Å². The van der Waals surface area contributed by atoms with Gasteiger partial charge in [0.05, 0.1) is 12.7 Å². The average Bonchev–Trinajstić information content (AvgIpc) is 2.33. The molecule has 0 N–H and O–H groups in total. The molecule has 0 aliphatic rings. The molecule has 0 aliphatic carbocycles. The van der Waals surface area contributed by atoms with Crippen LogP contribution in [0.5, 0.6) is 0 Å². The maximum atomic E-state index is 5.63. The number of aryl methyl sites for hydroxylation is 1. The predicted octanol–water partition coefficient (Wildman–Crippen LogP) is 3.75.